The smallest absolute Gasteiger partial charge is 0.321 e. The van der Waals surface area contributed by atoms with Gasteiger partial charge in [0, 0.05) is 11.9 Å². The molecule has 0 aliphatic heterocycles. The first-order valence-corrected chi connectivity index (χ1v) is 6.93. The molecule has 3 aromatic rings. The average molecular weight is 313 g/mol. The minimum atomic E-state index is -2.76. The monoisotopic (exact) mass is 313 g/mol. The zero-order valence-electron chi connectivity index (χ0n) is 12.0. The number of hydrogen-bond donors (Lipinski definition) is 1. The van der Waals surface area contributed by atoms with Crippen LogP contribution in [0, 0.1) is 0 Å². The summed E-state index contributed by atoms with van der Waals surface area (Å²) < 4.78 is 25.3. The van der Waals surface area contributed by atoms with E-state index in [0.29, 0.717) is 10.4 Å². The van der Waals surface area contributed by atoms with Crippen molar-refractivity contribution in [2.75, 3.05) is 5.32 Å². The van der Waals surface area contributed by atoms with Crippen molar-refractivity contribution in [3.05, 3.63) is 72.6 Å². The summed E-state index contributed by atoms with van der Waals surface area (Å²) in [6.07, 6.45) is 1.07. The van der Waals surface area contributed by atoms with Crippen LogP contribution in [0.15, 0.2) is 66.9 Å². The molecule has 1 N–H and O–H groups in total. The van der Waals surface area contributed by atoms with Gasteiger partial charge in [-0.15, -0.1) is 0 Å². The number of nitrogens with one attached hydrogen (secondary N) is 1. The van der Waals surface area contributed by atoms with Gasteiger partial charge in [-0.25, -0.2) is 4.68 Å². The highest BCUT2D eigenvalue weighted by molar-refractivity contribution is 6.02. The van der Waals surface area contributed by atoms with Crippen LogP contribution in [-0.2, 0) is 0 Å². The Bertz CT molecular complexity index is 798. The van der Waals surface area contributed by atoms with E-state index in [2.05, 4.69) is 10.4 Å². The Hall–Kier alpha value is -3.02. The predicted octanol–water partition coefficient (Wildman–Crippen LogP) is 4.20. The van der Waals surface area contributed by atoms with Gasteiger partial charge < -0.3 is 5.32 Å². The first kappa shape index (κ1) is 14.9. The lowest BCUT2D eigenvalue weighted by molar-refractivity contribution is 0.0561. The number of carbonyl (C=O) groups is 1. The molecule has 6 heteroatoms. The van der Waals surface area contributed by atoms with Crippen LogP contribution in [0.3, 0.4) is 0 Å². The van der Waals surface area contributed by atoms with Crippen LogP contribution in [0.5, 0.6) is 0 Å². The second-order valence-corrected chi connectivity index (χ2v) is 4.86. The molecule has 116 valence electrons. The van der Waals surface area contributed by atoms with Crippen LogP contribution in [0.1, 0.15) is 17.0 Å². The number of amides is 1. The molecule has 0 radical (unpaired) electrons. The minimum absolute atomic E-state index is 0.0579. The van der Waals surface area contributed by atoms with Crippen molar-refractivity contribution >= 4 is 11.6 Å². The van der Waals surface area contributed by atoms with Crippen molar-refractivity contribution in [1.82, 2.24) is 9.78 Å². The normalized spacial score (nSPS) is 10.7. The lowest BCUT2D eigenvalue weighted by atomic mass is 10.1. The molecule has 0 saturated heterocycles. The van der Waals surface area contributed by atoms with Crippen molar-refractivity contribution in [2.24, 2.45) is 0 Å². The third-order valence-corrected chi connectivity index (χ3v) is 3.29. The van der Waals surface area contributed by atoms with Crippen molar-refractivity contribution in [3.63, 3.8) is 0 Å². The highest BCUT2D eigenvalue weighted by Gasteiger charge is 2.13. The van der Waals surface area contributed by atoms with E-state index in [0.717, 1.165) is 17.3 Å². The average Bonchev–Trinajstić information content (AvgIpc) is 3.07. The number of hydrogen-bond acceptors (Lipinski definition) is 2. The summed E-state index contributed by atoms with van der Waals surface area (Å²) in [5, 5.41) is 6.16. The molecule has 1 aromatic heterocycles. The SMILES string of the molecule is O=C(Nc1ccc(-c2ccccc2)cc1)c1ccn(C(F)F)n1. The summed E-state index contributed by atoms with van der Waals surface area (Å²) in [6.45, 7) is -2.76. The molecule has 0 fully saturated rings. The molecule has 0 aliphatic rings. The Balaban J connectivity index is 1.71. The molecule has 1 heterocycles. The third-order valence-electron chi connectivity index (χ3n) is 3.29. The maximum atomic E-state index is 12.4. The Kier molecular flexibility index (Phi) is 4.14. The van der Waals surface area contributed by atoms with Crippen LogP contribution in [0.25, 0.3) is 11.1 Å². The van der Waals surface area contributed by atoms with Gasteiger partial charge in [0.05, 0.1) is 0 Å². The van der Waals surface area contributed by atoms with E-state index in [9.17, 15) is 13.6 Å². The molecule has 1 amide bonds. The molecule has 2 aromatic carbocycles. The van der Waals surface area contributed by atoms with Gasteiger partial charge in [0.1, 0.15) is 0 Å². The number of halogens is 2. The first-order chi connectivity index (χ1) is 11.1. The number of benzene rings is 2. The van der Waals surface area contributed by atoms with E-state index < -0.39 is 12.5 Å². The van der Waals surface area contributed by atoms with Crippen LogP contribution >= 0.6 is 0 Å². The van der Waals surface area contributed by atoms with Crippen molar-refractivity contribution < 1.29 is 13.6 Å². The summed E-state index contributed by atoms with van der Waals surface area (Å²) in [4.78, 5) is 12.0. The first-order valence-electron chi connectivity index (χ1n) is 6.93. The van der Waals surface area contributed by atoms with Gasteiger partial charge in [-0.05, 0) is 29.3 Å². The van der Waals surface area contributed by atoms with Crippen LogP contribution in [0.4, 0.5) is 14.5 Å². The van der Waals surface area contributed by atoms with Crippen molar-refractivity contribution in [2.45, 2.75) is 6.55 Å². The standard InChI is InChI=1S/C17H13F2N3O/c18-17(19)22-11-10-15(21-22)16(23)20-14-8-6-13(7-9-14)12-4-2-1-3-5-12/h1-11,17H,(H,20,23). The molecule has 3 rings (SSSR count). The van der Waals surface area contributed by atoms with Gasteiger partial charge in [-0.3, -0.25) is 4.79 Å². The summed E-state index contributed by atoms with van der Waals surface area (Å²) in [7, 11) is 0. The lowest BCUT2D eigenvalue weighted by Gasteiger charge is -2.05. The van der Waals surface area contributed by atoms with E-state index in [4.69, 9.17) is 0 Å². The summed E-state index contributed by atoms with van der Waals surface area (Å²) in [5.74, 6) is -0.531. The third kappa shape index (κ3) is 3.42. The Morgan fingerprint density at radius 3 is 2.22 bits per heavy atom. The molecule has 0 saturated carbocycles. The fraction of sp³-hybridized carbons (Fsp3) is 0.0588. The zero-order chi connectivity index (χ0) is 16.2. The van der Waals surface area contributed by atoms with Crippen LogP contribution < -0.4 is 5.32 Å². The summed E-state index contributed by atoms with van der Waals surface area (Å²) in [5.41, 5.74) is 2.60. The Morgan fingerprint density at radius 2 is 1.61 bits per heavy atom. The van der Waals surface area contributed by atoms with E-state index in [1.165, 1.54) is 6.07 Å². The van der Waals surface area contributed by atoms with Crippen molar-refractivity contribution in [1.29, 1.82) is 0 Å². The quantitative estimate of drug-likeness (QED) is 0.785. The second kappa shape index (κ2) is 6.39. The van der Waals surface area contributed by atoms with E-state index in [-0.39, 0.29) is 5.69 Å². The van der Waals surface area contributed by atoms with Crippen LogP contribution in [-0.4, -0.2) is 15.7 Å². The number of carbonyl (C=O) groups excluding carboxylic acids is 1. The van der Waals surface area contributed by atoms with Gasteiger partial charge in [0.2, 0.25) is 0 Å². The molecule has 4 nitrogen and oxygen atoms in total. The fourth-order valence-corrected chi connectivity index (χ4v) is 2.14. The van der Waals surface area contributed by atoms with E-state index in [1.54, 1.807) is 12.1 Å². The number of aromatic nitrogens is 2. The van der Waals surface area contributed by atoms with Gasteiger partial charge in [0.25, 0.3) is 5.91 Å². The molecule has 0 aliphatic carbocycles. The Morgan fingerprint density at radius 1 is 0.957 bits per heavy atom. The molecule has 0 spiro atoms. The maximum absolute atomic E-state index is 12.4. The maximum Gasteiger partial charge on any atom is 0.333 e. The molecule has 23 heavy (non-hydrogen) atoms. The van der Waals surface area contributed by atoms with E-state index >= 15 is 0 Å². The molecule has 0 atom stereocenters. The molecular weight excluding hydrogens is 300 g/mol. The van der Waals surface area contributed by atoms with Gasteiger partial charge in [0.15, 0.2) is 5.69 Å². The number of rotatable bonds is 4. The highest BCUT2D eigenvalue weighted by Crippen LogP contribution is 2.21. The number of anilines is 1. The Labute approximate surface area is 131 Å². The van der Waals surface area contributed by atoms with Crippen molar-refractivity contribution in [3.8, 4) is 11.1 Å². The highest BCUT2D eigenvalue weighted by atomic mass is 19.3. The van der Waals surface area contributed by atoms with Crippen LogP contribution in [0.2, 0.25) is 0 Å². The van der Waals surface area contributed by atoms with Gasteiger partial charge in [-0.1, -0.05) is 42.5 Å². The topological polar surface area (TPSA) is 46.9 Å². The van der Waals surface area contributed by atoms with Gasteiger partial charge in [-0.2, -0.15) is 13.9 Å². The largest absolute Gasteiger partial charge is 0.333 e. The second-order valence-electron chi connectivity index (χ2n) is 4.86. The predicted molar refractivity (Wildman–Crippen MR) is 83.3 cm³/mol. The summed E-state index contributed by atoms with van der Waals surface area (Å²) in [6, 6.07) is 18.3. The molecular formula is C17H13F2N3O. The fourth-order valence-electron chi connectivity index (χ4n) is 2.14. The lowest BCUT2D eigenvalue weighted by Crippen LogP contribution is -2.13. The van der Waals surface area contributed by atoms with Gasteiger partial charge >= 0.3 is 6.55 Å². The minimum Gasteiger partial charge on any atom is -0.321 e. The number of alkyl halides is 2. The molecule has 0 bridgehead atoms. The van der Waals surface area contributed by atoms with E-state index in [1.807, 2.05) is 42.5 Å². The summed E-state index contributed by atoms with van der Waals surface area (Å²) >= 11 is 0. The number of nitrogens with zero attached hydrogens (tertiary/aromatic N) is 2. The zero-order valence-corrected chi connectivity index (χ0v) is 12.0. The molecule has 0 unspecified atom stereocenters.